The maximum absolute atomic E-state index is 11.6. The van der Waals surface area contributed by atoms with Crippen LogP contribution in [0.4, 0.5) is 5.69 Å². The molecule has 0 bridgehead atoms. The van der Waals surface area contributed by atoms with E-state index in [1.54, 1.807) is 13.2 Å². The van der Waals surface area contributed by atoms with Crippen LogP contribution in [0.25, 0.3) is 0 Å². The molecular weight excluding hydrogens is 284 g/mol. The Hall–Kier alpha value is -1.07. The minimum atomic E-state index is -0.0935. The average molecular weight is 301 g/mol. The lowest BCUT2D eigenvalue weighted by molar-refractivity contribution is -0.116. The van der Waals surface area contributed by atoms with E-state index in [1.807, 2.05) is 19.1 Å². The normalized spacial score (nSPS) is 12.0. The van der Waals surface area contributed by atoms with E-state index in [2.05, 4.69) is 21.2 Å². The molecule has 0 aliphatic carbocycles. The topological polar surface area (TPSA) is 64.4 Å². The quantitative estimate of drug-likeness (QED) is 0.878. The number of methoxy groups -OCH3 is 1. The average Bonchev–Trinajstić information content (AvgIpc) is 2.27. The molecule has 3 N–H and O–H groups in total. The number of benzene rings is 1. The molecule has 5 heteroatoms. The number of nitrogens with two attached hydrogens (primary N) is 1. The summed E-state index contributed by atoms with van der Waals surface area (Å²) in [5.41, 5.74) is 6.42. The van der Waals surface area contributed by atoms with Gasteiger partial charge in [-0.2, -0.15) is 0 Å². The highest BCUT2D eigenvalue weighted by Gasteiger charge is 2.08. The second kappa shape index (κ2) is 6.61. The molecule has 0 saturated heterocycles. The highest BCUT2D eigenvalue weighted by atomic mass is 79.9. The van der Waals surface area contributed by atoms with Crippen molar-refractivity contribution < 1.29 is 9.53 Å². The summed E-state index contributed by atoms with van der Waals surface area (Å²) in [5, 5.41) is 2.79. The van der Waals surface area contributed by atoms with Crippen LogP contribution in [0, 0.1) is 0 Å². The molecule has 0 fully saturated rings. The summed E-state index contributed by atoms with van der Waals surface area (Å²) >= 11 is 3.35. The lowest BCUT2D eigenvalue weighted by Crippen LogP contribution is -2.26. The van der Waals surface area contributed by atoms with E-state index in [-0.39, 0.29) is 11.9 Å². The number of anilines is 1. The Morgan fingerprint density at radius 3 is 2.82 bits per heavy atom. The lowest BCUT2D eigenvalue weighted by Gasteiger charge is -2.10. The van der Waals surface area contributed by atoms with E-state index >= 15 is 0 Å². The molecule has 1 atom stereocenters. The molecule has 1 aromatic rings. The number of halogens is 1. The Morgan fingerprint density at radius 2 is 2.24 bits per heavy atom. The molecule has 1 amide bonds. The van der Waals surface area contributed by atoms with Crippen LogP contribution < -0.4 is 15.8 Å². The molecule has 0 saturated carbocycles. The number of hydrogen-bond acceptors (Lipinski definition) is 3. The molecule has 0 heterocycles. The van der Waals surface area contributed by atoms with Crippen molar-refractivity contribution in [3.05, 3.63) is 22.7 Å². The Balaban J connectivity index is 2.67. The predicted molar refractivity (Wildman–Crippen MR) is 72.2 cm³/mol. The van der Waals surface area contributed by atoms with Gasteiger partial charge in [-0.15, -0.1) is 0 Å². The summed E-state index contributed by atoms with van der Waals surface area (Å²) in [5.74, 6) is 0.606. The Morgan fingerprint density at radius 1 is 1.53 bits per heavy atom. The van der Waals surface area contributed by atoms with Crippen LogP contribution in [0.3, 0.4) is 0 Å². The minimum absolute atomic E-state index is 0.0838. The van der Waals surface area contributed by atoms with Crippen molar-refractivity contribution in [1.29, 1.82) is 0 Å². The van der Waals surface area contributed by atoms with Crippen molar-refractivity contribution in [3.63, 3.8) is 0 Å². The monoisotopic (exact) mass is 300 g/mol. The van der Waals surface area contributed by atoms with Crippen LogP contribution in [-0.4, -0.2) is 19.1 Å². The first-order valence-corrected chi connectivity index (χ1v) is 6.24. The Labute approximate surface area is 110 Å². The van der Waals surface area contributed by atoms with E-state index in [4.69, 9.17) is 10.5 Å². The van der Waals surface area contributed by atoms with E-state index in [9.17, 15) is 4.79 Å². The molecule has 1 unspecified atom stereocenters. The molecule has 1 aromatic carbocycles. The van der Waals surface area contributed by atoms with Crippen LogP contribution >= 0.6 is 15.9 Å². The first kappa shape index (κ1) is 14.0. The predicted octanol–water partition coefficient (Wildman–Crippen LogP) is 2.52. The molecule has 4 nitrogen and oxygen atoms in total. The molecule has 0 aliphatic heterocycles. The fraction of sp³-hybridized carbons (Fsp3) is 0.417. The summed E-state index contributed by atoms with van der Waals surface area (Å²) in [6.45, 7) is 1.96. The van der Waals surface area contributed by atoms with E-state index in [1.165, 1.54) is 0 Å². The van der Waals surface area contributed by atoms with Crippen LogP contribution in [0.2, 0.25) is 0 Å². The van der Waals surface area contributed by atoms with Crippen molar-refractivity contribution in [2.45, 2.75) is 25.8 Å². The second-order valence-electron chi connectivity index (χ2n) is 3.80. The highest BCUT2D eigenvalue weighted by molar-refractivity contribution is 9.10. The van der Waals surface area contributed by atoms with Crippen molar-refractivity contribution in [2.24, 2.45) is 5.73 Å². The third-order valence-corrected chi connectivity index (χ3v) is 2.82. The van der Waals surface area contributed by atoms with Crippen molar-refractivity contribution in [1.82, 2.24) is 0 Å². The zero-order valence-corrected chi connectivity index (χ0v) is 11.6. The van der Waals surface area contributed by atoms with Gasteiger partial charge in [0.05, 0.1) is 7.11 Å². The van der Waals surface area contributed by atoms with Crippen molar-refractivity contribution >= 4 is 27.5 Å². The van der Waals surface area contributed by atoms with Gasteiger partial charge in [-0.25, -0.2) is 0 Å². The van der Waals surface area contributed by atoms with Crippen molar-refractivity contribution in [3.8, 4) is 5.75 Å². The molecule has 0 radical (unpaired) electrons. The Bertz CT molecular complexity index is 396. The van der Waals surface area contributed by atoms with Gasteiger partial charge in [-0.1, -0.05) is 22.9 Å². The molecular formula is C12H17BrN2O2. The summed E-state index contributed by atoms with van der Waals surface area (Å²) < 4.78 is 5.97. The first-order chi connectivity index (χ1) is 8.05. The van der Waals surface area contributed by atoms with Gasteiger partial charge in [-0.3, -0.25) is 4.79 Å². The van der Waals surface area contributed by atoms with E-state index in [0.29, 0.717) is 17.9 Å². The summed E-state index contributed by atoms with van der Waals surface area (Å²) in [6.07, 6.45) is 1.11. The number of nitrogens with one attached hydrogen (secondary N) is 1. The smallest absolute Gasteiger partial charge is 0.225 e. The van der Waals surface area contributed by atoms with Gasteiger partial charge in [0.1, 0.15) is 5.75 Å². The zero-order chi connectivity index (χ0) is 12.8. The minimum Gasteiger partial charge on any atom is -0.497 e. The number of ether oxygens (including phenoxy) is 1. The molecule has 94 valence electrons. The van der Waals surface area contributed by atoms with E-state index in [0.717, 1.165) is 10.9 Å². The van der Waals surface area contributed by atoms with Crippen LogP contribution in [0.15, 0.2) is 22.7 Å². The van der Waals surface area contributed by atoms with Gasteiger partial charge in [0.2, 0.25) is 5.91 Å². The van der Waals surface area contributed by atoms with Gasteiger partial charge >= 0.3 is 0 Å². The lowest BCUT2D eigenvalue weighted by atomic mass is 10.1. The van der Waals surface area contributed by atoms with Gasteiger partial charge in [0.15, 0.2) is 0 Å². The molecule has 0 aliphatic rings. The zero-order valence-electron chi connectivity index (χ0n) is 10.00. The number of amides is 1. The Kier molecular flexibility index (Phi) is 5.44. The molecule has 17 heavy (non-hydrogen) atoms. The SMILES string of the molecule is CCC(N)CC(=O)Nc1cc(Br)cc(OC)c1. The highest BCUT2D eigenvalue weighted by Crippen LogP contribution is 2.24. The van der Waals surface area contributed by atoms with Crippen LogP contribution in [0.5, 0.6) is 5.75 Å². The fourth-order valence-electron chi connectivity index (χ4n) is 1.35. The largest absolute Gasteiger partial charge is 0.497 e. The van der Waals surface area contributed by atoms with Crippen LogP contribution in [-0.2, 0) is 4.79 Å². The van der Waals surface area contributed by atoms with E-state index < -0.39 is 0 Å². The fourth-order valence-corrected chi connectivity index (χ4v) is 1.82. The molecule has 1 rings (SSSR count). The third-order valence-electron chi connectivity index (χ3n) is 2.36. The maximum atomic E-state index is 11.6. The summed E-state index contributed by atoms with van der Waals surface area (Å²) in [6, 6.07) is 5.31. The van der Waals surface area contributed by atoms with Crippen LogP contribution in [0.1, 0.15) is 19.8 Å². The van der Waals surface area contributed by atoms with Gasteiger partial charge < -0.3 is 15.8 Å². The van der Waals surface area contributed by atoms with Gasteiger partial charge in [0, 0.05) is 28.7 Å². The standard InChI is InChI=1S/C12H17BrN2O2/c1-3-9(14)6-12(16)15-10-4-8(13)5-11(7-10)17-2/h4-5,7,9H,3,6,14H2,1-2H3,(H,15,16). The first-order valence-electron chi connectivity index (χ1n) is 5.45. The number of hydrogen-bond donors (Lipinski definition) is 2. The van der Waals surface area contributed by atoms with Gasteiger partial charge in [-0.05, 0) is 18.6 Å². The third kappa shape index (κ3) is 4.75. The summed E-state index contributed by atoms with van der Waals surface area (Å²) in [4.78, 5) is 11.6. The second-order valence-corrected chi connectivity index (χ2v) is 4.72. The number of rotatable bonds is 5. The number of carbonyl (C=O) groups is 1. The number of carbonyl (C=O) groups excluding carboxylic acids is 1. The molecule has 0 spiro atoms. The van der Waals surface area contributed by atoms with Crippen molar-refractivity contribution in [2.75, 3.05) is 12.4 Å². The summed E-state index contributed by atoms with van der Waals surface area (Å²) in [7, 11) is 1.58. The maximum Gasteiger partial charge on any atom is 0.225 e. The molecule has 0 aromatic heterocycles. The van der Waals surface area contributed by atoms with Gasteiger partial charge in [0.25, 0.3) is 0 Å².